The van der Waals surface area contributed by atoms with Crippen molar-refractivity contribution < 1.29 is 4.74 Å². The predicted octanol–water partition coefficient (Wildman–Crippen LogP) is 2.18. The van der Waals surface area contributed by atoms with Crippen molar-refractivity contribution in [2.75, 3.05) is 0 Å². The highest BCUT2D eigenvalue weighted by molar-refractivity contribution is 5.97. The normalized spacial score (nSPS) is 12.5. The maximum absolute atomic E-state index is 7.43. The third-order valence-corrected chi connectivity index (χ3v) is 2.21. The van der Waals surface area contributed by atoms with Gasteiger partial charge in [-0.2, -0.15) is 0 Å². The summed E-state index contributed by atoms with van der Waals surface area (Å²) in [6, 6.07) is 1.69. The molecule has 16 heavy (non-hydrogen) atoms. The molecule has 1 aromatic heterocycles. The van der Waals surface area contributed by atoms with Crippen molar-refractivity contribution in [2.45, 2.75) is 33.3 Å². The van der Waals surface area contributed by atoms with Gasteiger partial charge in [0, 0.05) is 6.20 Å². The predicted molar refractivity (Wildman–Crippen MR) is 64.8 cm³/mol. The monoisotopic (exact) mass is 221 g/mol. The van der Waals surface area contributed by atoms with Crippen LogP contribution in [0, 0.1) is 11.3 Å². The molecule has 0 amide bonds. The van der Waals surface area contributed by atoms with Crippen LogP contribution in [-0.4, -0.2) is 16.9 Å². The van der Waals surface area contributed by atoms with Crippen molar-refractivity contribution in [2.24, 2.45) is 11.7 Å². The number of hydrogen-bond acceptors (Lipinski definition) is 3. The van der Waals surface area contributed by atoms with E-state index in [1.165, 1.54) is 0 Å². The van der Waals surface area contributed by atoms with Gasteiger partial charge in [0.25, 0.3) is 0 Å². The van der Waals surface area contributed by atoms with Gasteiger partial charge in [0.2, 0.25) is 0 Å². The zero-order chi connectivity index (χ0) is 12.1. The summed E-state index contributed by atoms with van der Waals surface area (Å²) in [5, 5.41) is 7.43. The number of nitrogen functional groups attached to an aromatic ring is 1. The summed E-state index contributed by atoms with van der Waals surface area (Å²) in [5.74, 6) is 1.17. The van der Waals surface area contributed by atoms with Crippen molar-refractivity contribution >= 4 is 5.84 Å². The Labute approximate surface area is 96.3 Å². The van der Waals surface area contributed by atoms with Crippen LogP contribution in [0.5, 0.6) is 5.75 Å². The minimum atomic E-state index is 0.00847. The number of aromatic nitrogens is 1. The van der Waals surface area contributed by atoms with E-state index >= 15 is 0 Å². The highest BCUT2D eigenvalue weighted by Crippen LogP contribution is 2.19. The molecule has 0 aliphatic carbocycles. The van der Waals surface area contributed by atoms with Gasteiger partial charge < -0.3 is 10.5 Å². The van der Waals surface area contributed by atoms with Gasteiger partial charge >= 0.3 is 0 Å². The maximum atomic E-state index is 7.43. The van der Waals surface area contributed by atoms with Gasteiger partial charge in [-0.15, -0.1) is 0 Å². The van der Waals surface area contributed by atoms with Crippen molar-refractivity contribution in [3.05, 3.63) is 24.0 Å². The maximum Gasteiger partial charge on any atom is 0.148 e. The first-order chi connectivity index (χ1) is 7.50. The average Bonchev–Trinajstić information content (AvgIpc) is 2.16. The van der Waals surface area contributed by atoms with Crippen LogP contribution in [0.4, 0.5) is 0 Å². The smallest absolute Gasteiger partial charge is 0.148 e. The van der Waals surface area contributed by atoms with Crippen LogP contribution >= 0.6 is 0 Å². The van der Waals surface area contributed by atoms with E-state index in [1.54, 1.807) is 18.5 Å². The van der Waals surface area contributed by atoms with E-state index in [1.807, 2.05) is 6.92 Å². The van der Waals surface area contributed by atoms with E-state index in [9.17, 15) is 0 Å². The van der Waals surface area contributed by atoms with Crippen LogP contribution in [0.15, 0.2) is 18.5 Å². The average molecular weight is 221 g/mol. The molecular formula is C12H19N3O. The first-order valence-corrected chi connectivity index (χ1v) is 5.45. The van der Waals surface area contributed by atoms with Crippen molar-refractivity contribution in [3.63, 3.8) is 0 Å². The summed E-state index contributed by atoms with van der Waals surface area (Å²) in [4.78, 5) is 3.98. The fourth-order valence-corrected chi connectivity index (χ4v) is 1.63. The molecule has 1 atom stereocenters. The fourth-order valence-electron chi connectivity index (χ4n) is 1.63. The molecule has 3 N–H and O–H groups in total. The SMILES string of the molecule is CC(C)CC(C)Oc1cnccc1C(=N)N. The van der Waals surface area contributed by atoms with E-state index < -0.39 is 0 Å². The van der Waals surface area contributed by atoms with E-state index in [0.29, 0.717) is 17.2 Å². The molecule has 0 saturated heterocycles. The third-order valence-electron chi connectivity index (χ3n) is 2.21. The molecule has 1 aromatic rings. The molecule has 0 aliphatic rings. The number of pyridine rings is 1. The minimum absolute atomic E-state index is 0.00847. The Hall–Kier alpha value is -1.58. The topological polar surface area (TPSA) is 72.0 Å². The molecule has 0 aliphatic heterocycles. The molecule has 1 heterocycles. The highest BCUT2D eigenvalue weighted by atomic mass is 16.5. The second-order valence-corrected chi connectivity index (χ2v) is 4.34. The zero-order valence-electron chi connectivity index (χ0n) is 10.0. The van der Waals surface area contributed by atoms with Gasteiger partial charge in [0.15, 0.2) is 0 Å². The summed E-state index contributed by atoms with van der Waals surface area (Å²) in [7, 11) is 0. The molecule has 88 valence electrons. The third kappa shape index (κ3) is 3.53. The van der Waals surface area contributed by atoms with Gasteiger partial charge in [-0.3, -0.25) is 10.4 Å². The summed E-state index contributed by atoms with van der Waals surface area (Å²) < 4.78 is 5.73. The summed E-state index contributed by atoms with van der Waals surface area (Å²) in [6.45, 7) is 6.31. The number of hydrogen-bond donors (Lipinski definition) is 2. The van der Waals surface area contributed by atoms with Gasteiger partial charge in [-0.05, 0) is 25.3 Å². The number of ether oxygens (including phenoxy) is 1. The number of nitrogens with zero attached hydrogens (tertiary/aromatic N) is 1. The van der Waals surface area contributed by atoms with Crippen LogP contribution in [0.2, 0.25) is 0 Å². The van der Waals surface area contributed by atoms with Crippen LogP contribution in [-0.2, 0) is 0 Å². The second kappa shape index (κ2) is 5.49. The molecule has 1 unspecified atom stereocenters. The molecule has 4 nitrogen and oxygen atoms in total. The molecular weight excluding hydrogens is 202 g/mol. The Bertz CT molecular complexity index is 363. The molecule has 0 saturated carbocycles. The lowest BCUT2D eigenvalue weighted by atomic mass is 10.1. The van der Waals surface area contributed by atoms with Gasteiger partial charge in [-0.1, -0.05) is 13.8 Å². The number of rotatable bonds is 5. The molecule has 0 fully saturated rings. The summed E-state index contributed by atoms with van der Waals surface area (Å²) >= 11 is 0. The van der Waals surface area contributed by atoms with Crippen molar-refractivity contribution in [1.29, 1.82) is 5.41 Å². The molecule has 1 rings (SSSR count). The quantitative estimate of drug-likeness (QED) is 0.591. The Balaban J connectivity index is 2.76. The van der Waals surface area contributed by atoms with Crippen molar-refractivity contribution in [1.82, 2.24) is 4.98 Å². The Morgan fingerprint density at radius 1 is 1.50 bits per heavy atom. The van der Waals surface area contributed by atoms with E-state index in [2.05, 4.69) is 18.8 Å². The Kier molecular flexibility index (Phi) is 4.28. The van der Waals surface area contributed by atoms with Crippen molar-refractivity contribution in [3.8, 4) is 5.75 Å². The molecule has 0 radical (unpaired) electrons. The lowest BCUT2D eigenvalue weighted by molar-refractivity contribution is 0.192. The summed E-state index contributed by atoms with van der Waals surface area (Å²) in [5.41, 5.74) is 6.07. The summed E-state index contributed by atoms with van der Waals surface area (Å²) in [6.07, 6.45) is 4.28. The largest absolute Gasteiger partial charge is 0.488 e. The number of nitrogens with two attached hydrogens (primary N) is 1. The van der Waals surface area contributed by atoms with Crippen LogP contribution in [0.25, 0.3) is 0 Å². The standard InChI is InChI=1S/C12H19N3O/c1-8(2)6-9(3)16-11-7-15-5-4-10(11)12(13)14/h4-5,7-9H,6H2,1-3H3,(H3,13,14). The second-order valence-electron chi connectivity index (χ2n) is 4.34. The first-order valence-electron chi connectivity index (χ1n) is 5.45. The van der Waals surface area contributed by atoms with Crippen LogP contribution in [0.3, 0.4) is 0 Å². The Morgan fingerprint density at radius 2 is 2.19 bits per heavy atom. The molecule has 4 heteroatoms. The number of amidine groups is 1. The van der Waals surface area contributed by atoms with E-state index in [0.717, 1.165) is 6.42 Å². The lowest BCUT2D eigenvalue weighted by Gasteiger charge is -2.18. The molecule has 0 spiro atoms. The molecule has 0 bridgehead atoms. The first kappa shape index (κ1) is 12.5. The van der Waals surface area contributed by atoms with E-state index in [4.69, 9.17) is 15.9 Å². The van der Waals surface area contributed by atoms with E-state index in [-0.39, 0.29) is 11.9 Å². The lowest BCUT2D eigenvalue weighted by Crippen LogP contribution is -2.18. The highest BCUT2D eigenvalue weighted by Gasteiger charge is 2.11. The van der Waals surface area contributed by atoms with Gasteiger partial charge in [0.05, 0.1) is 17.9 Å². The molecule has 0 aromatic carbocycles. The van der Waals surface area contributed by atoms with Crippen LogP contribution < -0.4 is 10.5 Å². The van der Waals surface area contributed by atoms with Crippen LogP contribution in [0.1, 0.15) is 32.8 Å². The van der Waals surface area contributed by atoms with Gasteiger partial charge in [-0.25, -0.2) is 0 Å². The Morgan fingerprint density at radius 3 is 2.75 bits per heavy atom. The fraction of sp³-hybridized carbons (Fsp3) is 0.500. The minimum Gasteiger partial charge on any atom is -0.488 e. The number of nitrogens with one attached hydrogen (secondary N) is 1. The zero-order valence-corrected chi connectivity index (χ0v) is 10.0. The van der Waals surface area contributed by atoms with Gasteiger partial charge in [0.1, 0.15) is 11.6 Å².